The summed E-state index contributed by atoms with van der Waals surface area (Å²) in [5.74, 6) is 0.108. The molecule has 1 fully saturated rings. The molecule has 2 heterocycles. The van der Waals surface area contributed by atoms with E-state index < -0.39 is 5.60 Å². The van der Waals surface area contributed by atoms with E-state index in [9.17, 15) is 9.50 Å². The lowest BCUT2D eigenvalue weighted by atomic mass is 10.1. The number of aryl methyl sites for hydroxylation is 1. The van der Waals surface area contributed by atoms with Gasteiger partial charge in [-0.25, -0.2) is 9.37 Å². The smallest absolute Gasteiger partial charge is 0.126 e. The lowest BCUT2D eigenvalue weighted by molar-refractivity contribution is 0.00315. The molecular weight excluding hydrogens is 297 g/mol. The average Bonchev–Trinajstić information content (AvgIpc) is 3.13. The van der Waals surface area contributed by atoms with Gasteiger partial charge < -0.3 is 14.4 Å². The van der Waals surface area contributed by atoms with Gasteiger partial charge in [0.1, 0.15) is 23.8 Å². The van der Waals surface area contributed by atoms with Gasteiger partial charge in [0, 0.05) is 38.4 Å². The highest BCUT2D eigenvalue weighted by Crippen LogP contribution is 2.24. The number of benzene rings is 1. The fourth-order valence-corrected chi connectivity index (χ4v) is 2.96. The monoisotopic (exact) mass is 319 g/mol. The number of aliphatic hydroxyl groups is 1. The molecule has 23 heavy (non-hydrogen) atoms. The number of rotatable bonds is 6. The van der Waals surface area contributed by atoms with Crippen LogP contribution in [0.15, 0.2) is 36.8 Å². The van der Waals surface area contributed by atoms with Crippen molar-refractivity contribution in [1.82, 2.24) is 14.5 Å². The summed E-state index contributed by atoms with van der Waals surface area (Å²) >= 11 is 0. The molecule has 0 aliphatic carbocycles. The number of hydrogen-bond donors (Lipinski definition) is 1. The van der Waals surface area contributed by atoms with Crippen molar-refractivity contribution in [3.63, 3.8) is 0 Å². The molecule has 1 saturated heterocycles. The maximum Gasteiger partial charge on any atom is 0.126 e. The molecule has 1 aromatic heterocycles. The Bertz CT molecular complexity index is 661. The van der Waals surface area contributed by atoms with Gasteiger partial charge in [0.15, 0.2) is 0 Å². The van der Waals surface area contributed by atoms with Gasteiger partial charge in [0.25, 0.3) is 0 Å². The number of hydrogen-bond acceptors (Lipinski definition) is 4. The normalized spacial score (nSPS) is 21.7. The average molecular weight is 319 g/mol. The first kappa shape index (κ1) is 16.0. The Balaban J connectivity index is 1.55. The lowest BCUT2D eigenvalue weighted by Gasteiger charge is -2.24. The second-order valence-corrected chi connectivity index (χ2v) is 6.10. The predicted octanol–water partition coefficient (Wildman–Crippen LogP) is 2.06. The third-order valence-electron chi connectivity index (χ3n) is 4.24. The summed E-state index contributed by atoms with van der Waals surface area (Å²) in [6.45, 7) is 5.24. The summed E-state index contributed by atoms with van der Waals surface area (Å²) in [7, 11) is 0. The Morgan fingerprint density at radius 2 is 2.30 bits per heavy atom. The first-order valence-electron chi connectivity index (χ1n) is 7.90. The molecule has 1 aliphatic rings. The van der Waals surface area contributed by atoms with Crippen LogP contribution in [0.2, 0.25) is 0 Å². The summed E-state index contributed by atoms with van der Waals surface area (Å²) in [5.41, 5.74) is 0.242. The van der Waals surface area contributed by atoms with Crippen LogP contribution in [0, 0.1) is 5.82 Å². The zero-order valence-corrected chi connectivity index (χ0v) is 13.3. The molecule has 1 atom stereocenters. The minimum atomic E-state index is -0.899. The summed E-state index contributed by atoms with van der Waals surface area (Å²) in [4.78, 5) is 6.36. The van der Waals surface area contributed by atoms with Crippen LogP contribution < -0.4 is 4.74 Å². The van der Waals surface area contributed by atoms with E-state index in [1.165, 1.54) is 12.1 Å². The van der Waals surface area contributed by atoms with Gasteiger partial charge in [0.2, 0.25) is 0 Å². The van der Waals surface area contributed by atoms with Gasteiger partial charge in [-0.3, -0.25) is 4.90 Å². The third-order valence-corrected chi connectivity index (χ3v) is 4.24. The zero-order valence-electron chi connectivity index (χ0n) is 13.3. The van der Waals surface area contributed by atoms with Crippen molar-refractivity contribution in [3.05, 3.63) is 48.3 Å². The minimum absolute atomic E-state index is 0.167. The molecule has 0 bridgehead atoms. The van der Waals surface area contributed by atoms with Gasteiger partial charge in [-0.2, -0.15) is 0 Å². The van der Waals surface area contributed by atoms with Crippen molar-refractivity contribution < 1.29 is 14.2 Å². The summed E-state index contributed by atoms with van der Waals surface area (Å²) in [6, 6.07) is 5.99. The van der Waals surface area contributed by atoms with Gasteiger partial charge in [-0.1, -0.05) is 6.07 Å². The van der Waals surface area contributed by atoms with Gasteiger partial charge in [-0.05, 0) is 25.5 Å². The Kier molecular flexibility index (Phi) is 4.63. The Hall–Kier alpha value is -1.92. The minimum Gasteiger partial charge on any atom is -0.490 e. The van der Waals surface area contributed by atoms with E-state index in [4.69, 9.17) is 4.74 Å². The van der Waals surface area contributed by atoms with E-state index in [2.05, 4.69) is 21.4 Å². The molecule has 0 unspecified atom stereocenters. The number of β-amino-alcohol motifs (C(OH)–C–C–N with tert-alkyl or cyclic N) is 1. The van der Waals surface area contributed by atoms with Crippen molar-refractivity contribution >= 4 is 0 Å². The summed E-state index contributed by atoms with van der Waals surface area (Å²) in [5, 5.41) is 10.7. The molecule has 0 radical (unpaired) electrons. The Morgan fingerprint density at radius 3 is 3.09 bits per heavy atom. The van der Waals surface area contributed by atoms with E-state index >= 15 is 0 Å². The van der Waals surface area contributed by atoms with Crippen LogP contribution in [0.4, 0.5) is 4.39 Å². The standard InChI is InChI=1S/C17H22FN3O2/c1-2-21-13-19-9-15(21)10-20-7-6-17(22,11-20)12-23-16-5-3-4-14(18)8-16/h3-5,8-9,13,22H,2,6-7,10-12H2,1H3/t17-/m1/s1. The van der Waals surface area contributed by atoms with Crippen molar-refractivity contribution in [2.75, 3.05) is 19.7 Å². The fraction of sp³-hybridized carbons (Fsp3) is 0.471. The Morgan fingerprint density at radius 1 is 1.43 bits per heavy atom. The summed E-state index contributed by atoms with van der Waals surface area (Å²) < 4.78 is 20.8. The van der Waals surface area contributed by atoms with Gasteiger partial charge in [0.05, 0.1) is 12.0 Å². The van der Waals surface area contributed by atoms with Crippen LogP contribution in [-0.4, -0.2) is 44.9 Å². The molecule has 1 aliphatic heterocycles. The topological polar surface area (TPSA) is 50.5 Å². The zero-order chi connectivity index (χ0) is 16.3. The number of likely N-dealkylation sites (tertiary alicyclic amines) is 1. The van der Waals surface area contributed by atoms with Crippen LogP contribution in [0.25, 0.3) is 0 Å². The van der Waals surface area contributed by atoms with Gasteiger partial charge in [-0.15, -0.1) is 0 Å². The highest BCUT2D eigenvalue weighted by atomic mass is 19.1. The quantitative estimate of drug-likeness (QED) is 0.885. The van der Waals surface area contributed by atoms with Crippen molar-refractivity contribution in [2.24, 2.45) is 0 Å². The molecule has 6 heteroatoms. The number of aromatic nitrogens is 2. The fourth-order valence-electron chi connectivity index (χ4n) is 2.96. The molecule has 1 aromatic carbocycles. The van der Waals surface area contributed by atoms with E-state index in [1.807, 2.05) is 12.5 Å². The SMILES string of the molecule is CCn1cncc1CN1CC[C@](O)(COc2cccc(F)c2)C1. The molecule has 0 spiro atoms. The third kappa shape index (κ3) is 3.89. The molecule has 0 saturated carbocycles. The number of ether oxygens (including phenoxy) is 1. The van der Waals surface area contributed by atoms with E-state index in [0.29, 0.717) is 18.7 Å². The van der Waals surface area contributed by atoms with Gasteiger partial charge >= 0.3 is 0 Å². The molecule has 1 N–H and O–H groups in total. The van der Waals surface area contributed by atoms with E-state index in [1.54, 1.807) is 12.1 Å². The van der Waals surface area contributed by atoms with Crippen LogP contribution >= 0.6 is 0 Å². The number of imidazole rings is 1. The second-order valence-electron chi connectivity index (χ2n) is 6.10. The largest absolute Gasteiger partial charge is 0.490 e. The first-order valence-corrected chi connectivity index (χ1v) is 7.90. The van der Waals surface area contributed by atoms with Crippen molar-refractivity contribution in [2.45, 2.75) is 32.0 Å². The van der Waals surface area contributed by atoms with E-state index in [-0.39, 0.29) is 12.4 Å². The molecule has 3 rings (SSSR count). The maximum atomic E-state index is 13.1. The molecule has 124 valence electrons. The van der Waals surface area contributed by atoms with Crippen molar-refractivity contribution in [1.29, 1.82) is 0 Å². The molecule has 0 amide bonds. The predicted molar refractivity (Wildman–Crippen MR) is 84.6 cm³/mol. The summed E-state index contributed by atoms with van der Waals surface area (Å²) in [6.07, 6.45) is 4.33. The van der Waals surface area contributed by atoms with Crippen LogP contribution in [0.3, 0.4) is 0 Å². The lowest BCUT2D eigenvalue weighted by Crippen LogP contribution is -2.39. The molecular formula is C17H22FN3O2. The highest BCUT2D eigenvalue weighted by Gasteiger charge is 2.37. The maximum absolute atomic E-state index is 13.1. The first-order chi connectivity index (χ1) is 11.1. The van der Waals surface area contributed by atoms with Crippen LogP contribution in [-0.2, 0) is 13.1 Å². The molecule has 5 nitrogen and oxygen atoms in total. The Labute approximate surface area is 135 Å². The van der Waals surface area contributed by atoms with Crippen LogP contribution in [0.1, 0.15) is 19.0 Å². The molecule has 2 aromatic rings. The second kappa shape index (κ2) is 6.68. The van der Waals surface area contributed by atoms with Crippen molar-refractivity contribution in [3.8, 4) is 5.75 Å². The van der Waals surface area contributed by atoms with E-state index in [0.717, 1.165) is 25.3 Å². The van der Waals surface area contributed by atoms with Crippen LogP contribution in [0.5, 0.6) is 5.75 Å². The number of nitrogens with zero attached hydrogens (tertiary/aromatic N) is 3. The highest BCUT2D eigenvalue weighted by molar-refractivity contribution is 5.22. The number of halogens is 1.